The summed E-state index contributed by atoms with van der Waals surface area (Å²) in [4.78, 5) is 0. The Labute approximate surface area is 135 Å². The smallest absolute Gasteiger partial charge is 0.143 e. The van der Waals surface area contributed by atoms with E-state index in [9.17, 15) is 0 Å². The molecule has 0 atom stereocenters. The molecule has 0 aliphatic carbocycles. The van der Waals surface area contributed by atoms with Crippen molar-refractivity contribution in [2.24, 2.45) is 0 Å². The van der Waals surface area contributed by atoms with Crippen molar-refractivity contribution in [3.8, 4) is 5.75 Å². The molecule has 0 saturated heterocycles. The van der Waals surface area contributed by atoms with Crippen LogP contribution >= 0.6 is 0 Å². The van der Waals surface area contributed by atoms with Crippen molar-refractivity contribution >= 4 is 40.9 Å². The van der Waals surface area contributed by atoms with E-state index in [1.165, 1.54) is 5.46 Å². The van der Waals surface area contributed by atoms with Crippen molar-refractivity contribution in [3.63, 3.8) is 0 Å². The van der Waals surface area contributed by atoms with Gasteiger partial charge >= 0.3 is 0 Å². The van der Waals surface area contributed by atoms with Crippen LogP contribution < -0.4 is 15.9 Å². The molecule has 3 nitrogen and oxygen atoms in total. The number of rotatable bonds is 3. The van der Waals surface area contributed by atoms with Crippen LogP contribution in [0, 0.1) is 0 Å². The normalized spacial score (nSPS) is 11.1. The lowest BCUT2D eigenvalue weighted by molar-refractivity contribution is 0.308. The van der Waals surface area contributed by atoms with Gasteiger partial charge in [-0.2, -0.15) is 0 Å². The molecule has 0 bridgehead atoms. The second-order valence-corrected chi connectivity index (χ2v) is 5.71. The average molecular weight is 301 g/mol. The summed E-state index contributed by atoms with van der Waals surface area (Å²) < 4.78 is 11.8. The number of furan rings is 1. The molecule has 0 saturated carbocycles. The van der Waals surface area contributed by atoms with Gasteiger partial charge in [0.1, 0.15) is 31.4 Å². The molecule has 0 aliphatic rings. The molecule has 4 heteroatoms. The molecule has 4 rings (SSSR count). The molecule has 0 spiro atoms. The lowest BCUT2D eigenvalue weighted by atomic mass is 9.91. The molecule has 1 aromatic heterocycles. The minimum absolute atomic E-state index is 0.491. The Morgan fingerprint density at radius 2 is 1.78 bits per heavy atom. The Hall–Kier alpha value is -2.88. The quantitative estimate of drug-likeness (QED) is 0.467. The third-order valence-corrected chi connectivity index (χ3v) is 4.07. The Kier molecular flexibility index (Phi) is 3.23. The van der Waals surface area contributed by atoms with Crippen molar-refractivity contribution in [2.75, 3.05) is 5.73 Å². The zero-order valence-electron chi connectivity index (χ0n) is 12.9. The van der Waals surface area contributed by atoms with Crippen molar-refractivity contribution in [3.05, 3.63) is 66.2 Å². The molecular formula is C19H16BNO2. The molecule has 1 heterocycles. The maximum absolute atomic E-state index is 6.13. The Balaban J connectivity index is 1.78. The van der Waals surface area contributed by atoms with Crippen LogP contribution in [-0.2, 0) is 6.61 Å². The first kappa shape index (κ1) is 13.8. The van der Waals surface area contributed by atoms with E-state index < -0.39 is 0 Å². The highest BCUT2D eigenvalue weighted by Gasteiger charge is 2.12. The summed E-state index contributed by atoms with van der Waals surface area (Å²) in [7, 11) is 2.08. The predicted molar refractivity (Wildman–Crippen MR) is 97.1 cm³/mol. The van der Waals surface area contributed by atoms with Crippen LogP contribution in [-0.4, -0.2) is 7.85 Å². The SMILES string of the molecule is Bc1cccc2oc3cc(N)c(OCc4ccccc4)cc3c12. The highest BCUT2D eigenvalue weighted by atomic mass is 16.5. The second kappa shape index (κ2) is 5.40. The number of fused-ring (bicyclic) bond motifs is 3. The summed E-state index contributed by atoms with van der Waals surface area (Å²) in [5.74, 6) is 0.687. The van der Waals surface area contributed by atoms with Crippen LogP contribution in [0.25, 0.3) is 21.9 Å². The van der Waals surface area contributed by atoms with Gasteiger partial charge in [-0.3, -0.25) is 0 Å². The molecule has 112 valence electrons. The molecule has 3 aromatic carbocycles. The Morgan fingerprint density at radius 1 is 0.957 bits per heavy atom. The summed E-state index contributed by atoms with van der Waals surface area (Å²) >= 11 is 0. The molecule has 23 heavy (non-hydrogen) atoms. The number of anilines is 1. The Morgan fingerprint density at radius 3 is 2.61 bits per heavy atom. The third-order valence-electron chi connectivity index (χ3n) is 4.07. The highest BCUT2D eigenvalue weighted by Crippen LogP contribution is 2.34. The van der Waals surface area contributed by atoms with Gasteiger partial charge in [0.15, 0.2) is 0 Å². The highest BCUT2D eigenvalue weighted by molar-refractivity contribution is 6.41. The molecular weight excluding hydrogens is 285 g/mol. The molecule has 2 N–H and O–H groups in total. The first-order valence-corrected chi connectivity index (χ1v) is 7.60. The number of hydrogen-bond acceptors (Lipinski definition) is 3. The van der Waals surface area contributed by atoms with E-state index in [-0.39, 0.29) is 0 Å². The molecule has 0 unspecified atom stereocenters. The first-order valence-electron chi connectivity index (χ1n) is 7.60. The largest absolute Gasteiger partial charge is 0.487 e. The zero-order chi connectivity index (χ0) is 15.8. The van der Waals surface area contributed by atoms with Gasteiger partial charge in [0.2, 0.25) is 0 Å². The first-order chi connectivity index (χ1) is 11.2. The number of ether oxygens (including phenoxy) is 1. The molecule has 4 aromatic rings. The Bertz CT molecular complexity index is 993. The topological polar surface area (TPSA) is 48.4 Å². The van der Waals surface area contributed by atoms with E-state index in [1.807, 2.05) is 54.6 Å². The van der Waals surface area contributed by atoms with Gasteiger partial charge in [-0.05, 0) is 17.7 Å². The van der Waals surface area contributed by atoms with Crippen LogP contribution in [0.3, 0.4) is 0 Å². The minimum Gasteiger partial charge on any atom is -0.487 e. The van der Waals surface area contributed by atoms with Crippen LogP contribution in [0.15, 0.2) is 65.1 Å². The van der Waals surface area contributed by atoms with Gasteiger partial charge in [-0.25, -0.2) is 0 Å². The van der Waals surface area contributed by atoms with Crippen LogP contribution in [0.1, 0.15) is 5.56 Å². The lowest BCUT2D eigenvalue weighted by Crippen LogP contribution is -2.02. The van der Waals surface area contributed by atoms with Gasteiger partial charge in [-0.15, -0.1) is 0 Å². The maximum atomic E-state index is 6.13. The lowest BCUT2D eigenvalue weighted by Gasteiger charge is -2.09. The summed E-state index contributed by atoms with van der Waals surface area (Å²) in [5, 5.41) is 2.16. The van der Waals surface area contributed by atoms with Gasteiger partial charge in [0, 0.05) is 16.8 Å². The van der Waals surface area contributed by atoms with Gasteiger partial charge in [0.25, 0.3) is 0 Å². The average Bonchev–Trinajstić information content (AvgIpc) is 2.92. The number of hydrogen-bond donors (Lipinski definition) is 1. The van der Waals surface area contributed by atoms with E-state index >= 15 is 0 Å². The summed E-state index contributed by atoms with van der Waals surface area (Å²) in [5.41, 5.74) is 10.7. The standard InChI is InChI=1S/C19H16BNO2/c20-14-7-4-8-16-19(14)13-9-18(15(21)10-17(13)23-16)22-11-12-5-2-1-3-6-12/h1-10H,11,20-21H2. The van der Waals surface area contributed by atoms with Gasteiger partial charge < -0.3 is 14.9 Å². The van der Waals surface area contributed by atoms with Crippen molar-refractivity contribution in [1.82, 2.24) is 0 Å². The van der Waals surface area contributed by atoms with Crippen LogP contribution in [0.5, 0.6) is 5.75 Å². The molecule has 0 radical (unpaired) electrons. The third kappa shape index (κ3) is 2.42. The minimum atomic E-state index is 0.491. The maximum Gasteiger partial charge on any atom is 0.143 e. The van der Waals surface area contributed by atoms with E-state index in [4.69, 9.17) is 14.9 Å². The molecule has 0 fully saturated rings. The van der Waals surface area contributed by atoms with Crippen LogP contribution in [0.2, 0.25) is 0 Å². The molecule has 0 aliphatic heterocycles. The van der Waals surface area contributed by atoms with Crippen molar-refractivity contribution in [2.45, 2.75) is 6.61 Å². The van der Waals surface area contributed by atoms with E-state index in [2.05, 4.69) is 13.9 Å². The van der Waals surface area contributed by atoms with Gasteiger partial charge in [0.05, 0.1) is 5.69 Å². The fourth-order valence-electron chi connectivity index (χ4n) is 2.91. The van der Waals surface area contributed by atoms with Crippen molar-refractivity contribution < 1.29 is 9.15 Å². The fourth-order valence-corrected chi connectivity index (χ4v) is 2.91. The van der Waals surface area contributed by atoms with E-state index in [0.717, 1.165) is 27.5 Å². The second-order valence-electron chi connectivity index (χ2n) is 5.71. The number of nitrogen functional groups attached to an aromatic ring is 1. The van der Waals surface area contributed by atoms with E-state index in [0.29, 0.717) is 18.0 Å². The van der Waals surface area contributed by atoms with Crippen molar-refractivity contribution in [1.29, 1.82) is 0 Å². The summed E-state index contributed by atoms with van der Waals surface area (Å²) in [6.07, 6.45) is 0. The summed E-state index contributed by atoms with van der Waals surface area (Å²) in [6, 6.07) is 19.9. The predicted octanol–water partition coefficient (Wildman–Crippen LogP) is 3.01. The fraction of sp³-hybridized carbons (Fsp3) is 0.0526. The summed E-state index contributed by atoms with van der Waals surface area (Å²) in [6.45, 7) is 0.491. The van der Waals surface area contributed by atoms with Gasteiger partial charge in [-0.1, -0.05) is 47.9 Å². The number of nitrogens with two attached hydrogens (primary N) is 1. The monoisotopic (exact) mass is 301 g/mol. The van der Waals surface area contributed by atoms with Crippen LogP contribution in [0.4, 0.5) is 5.69 Å². The van der Waals surface area contributed by atoms with E-state index in [1.54, 1.807) is 0 Å². The molecule has 0 amide bonds. The zero-order valence-corrected chi connectivity index (χ0v) is 12.9. The number of benzene rings is 3.